The average Bonchev–Trinajstić information content (AvgIpc) is 2.87. The summed E-state index contributed by atoms with van der Waals surface area (Å²) in [6.07, 6.45) is 0. The largest absolute Gasteiger partial charge is 0.135 e. The van der Waals surface area contributed by atoms with Crippen LogP contribution in [-0.2, 0) is 0 Å². The van der Waals surface area contributed by atoms with Crippen molar-refractivity contribution in [3.63, 3.8) is 0 Å². The Labute approximate surface area is 132 Å². The first-order valence-corrected chi connectivity index (χ1v) is 8.10. The Hall–Kier alpha value is -1.83. The van der Waals surface area contributed by atoms with Crippen molar-refractivity contribution in [1.29, 1.82) is 0 Å². The van der Waals surface area contributed by atoms with Crippen molar-refractivity contribution < 1.29 is 0 Å². The molecule has 0 amide bonds. The minimum atomic E-state index is 0.774. The van der Waals surface area contributed by atoms with E-state index in [9.17, 15) is 0 Å². The molecule has 4 aromatic rings. The lowest BCUT2D eigenvalue weighted by Gasteiger charge is -2.02. The van der Waals surface area contributed by atoms with E-state index < -0.39 is 0 Å². The Morgan fingerprint density at radius 2 is 1.57 bits per heavy atom. The molecule has 0 spiro atoms. The van der Waals surface area contributed by atoms with E-state index in [0.29, 0.717) is 0 Å². The molecule has 0 saturated carbocycles. The Balaban J connectivity index is 1.99. The molecular formula is C19H13ClS. The predicted octanol–water partition coefficient (Wildman–Crippen LogP) is 6.68. The van der Waals surface area contributed by atoms with E-state index in [1.165, 1.54) is 36.9 Å². The molecule has 0 aliphatic heterocycles. The van der Waals surface area contributed by atoms with Gasteiger partial charge in [0.1, 0.15) is 0 Å². The van der Waals surface area contributed by atoms with Crippen LogP contribution < -0.4 is 0 Å². The van der Waals surface area contributed by atoms with Gasteiger partial charge < -0.3 is 0 Å². The van der Waals surface area contributed by atoms with Crippen LogP contribution in [0.2, 0.25) is 5.02 Å². The highest BCUT2D eigenvalue weighted by molar-refractivity contribution is 7.26. The van der Waals surface area contributed by atoms with E-state index in [1.54, 1.807) is 0 Å². The number of aryl methyl sites for hydroxylation is 1. The molecule has 0 radical (unpaired) electrons. The first-order chi connectivity index (χ1) is 10.2. The van der Waals surface area contributed by atoms with Crippen molar-refractivity contribution in [3.05, 3.63) is 71.2 Å². The number of hydrogen-bond donors (Lipinski definition) is 0. The number of fused-ring (bicyclic) bond motifs is 3. The van der Waals surface area contributed by atoms with Crippen molar-refractivity contribution in [1.82, 2.24) is 0 Å². The third-order valence-electron chi connectivity index (χ3n) is 3.87. The van der Waals surface area contributed by atoms with E-state index in [4.69, 9.17) is 11.6 Å². The van der Waals surface area contributed by atoms with Gasteiger partial charge in [-0.15, -0.1) is 11.3 Å². The van der Waals surface area contributed by atoms with E-state index in [1.807, 2.05) is 23.5 Å². The summed E-state index contributed by atoms with van der Waals surface area (Å²) in [5.74, 6) is 0. The lowest BCUT2D eigenvalue weighted by atomic mass is 10.0. The van der Waals surface area contributed by atoms with Gasteiger partial charge in [-0.05, 0) is 47.9 Å². The zero-order valence-electron chi connectivity index (χ0n) is 11.6. The molecule has 0 aliphatic rings. The van der Waals surface area contributed by atoms with E-state index in [2.05, 4.69) is 55.5 Å². The molecule has 0 atom stereocenters. The van der Waals surface area contributed by atoms with Gasteiger partial charge in [-0.1, -0.05) is 48.0 Å². The number of halogens is 1. The van der Waals surface area contributed by atoms with Crippen LogP contribution in [0.4, 0.5) is 0 Å². The normalized spacial score (nSPS) is 11.3. The van der Waals surface area contributed by atoms with Crippen LogP contribution in [0.3, 0.4) is 0 Å². The van der Waals surface area contributed by atoms with Gasteiger partial charge in [-0.2, -0.15) is 0 Å². The van der Waals surface area contributed by atoms with Crippen LogP contribution in [0.15, 0.2) is 60.7 Å². The van der Waals surface area contributed by atoms with E-state index in [-0.39, 0.29) is 0 Å². The van der Waals surface area contributed by atoms with Gasteiger partial charge >= 0.3 is 0 Å². The zero-order valence-corrected chi connectivity index (χ0v) is 13.1. The van der Waals surface area contributed by atoms with Crippen LogP contribution in [0.1, 0.15) is 5.56 Å². The molecule has 0 N–H and O–H groups in total. The summed E-state index contributed by atoms with van der Waals surface area (Å²) < 4.78 is 2.73. The maximum Gasteiger partial charge on any atom is 0.0406 e. The zero-order chi connectivity index (χ0) is 14.4. The molecule has 0 nitrogen and oxygen atoms in total. The second-order valence-electron chi connectivity index (χ2n) is 5.27. The molecule has 0 aliphatic carbocycles. The molecule has 0 fully saturated rings. The Bertz CT molecular complexity index is 949. The first-order valence-electron chi connectivity index (χ1n) is 6.90. The third kappa shape index (κ3) is 2.14. The minimum Gasteiger partial charge on any atom is -0.135 e. The van der Waals surface area contributed by atoms with Crippen molar-refractivity contribution in [3.8, 4) is 11.1 Å². The second-order valence-corrected chi connectivity index (χ2v) is 6.76. The summed E-state index contributed by atoms with van der Waals surface area (Å²) in [6.45, 7) is 2.18. The Morgan fingerprint density at radius 1 is 0.810 bits per heavy atom. The maximum atomic E-state index is 5.97. The smallest absolute Gasteiger partial charge is 0.0406 e. The number of thiophene rings is 1. The van der Waals surface area contributed by atoms with Crippen LogP contribution >= 0.6 is 22.9 Å². The molecular weight excluding hydrogens is 296 g/mol. The highest BCUT2D eigenvalue weighted by Crippen LogP contribution is 2.37. The van der Waals surface area contributed by atoms with Crippen LogP contribution in [0, 0.1) is 6.92 Å². The predicted molar refractivity (Wildman–Crippen MR) is 94.5 cm³/mol. The van der Waals surface area contributed by atoms with Crippen molar-refractivity contribution in [2.24, 2.45) is 0 Å². The van der Waals surface area contributed by atoms with Crippen molar-refractivity contribution in [2.75, 3.05) is 0 Å². The van der Waals surface area contributed by atoms with Gasteiger partial charge in [0.15, 0.2) is 0 Å². The summed E-state index contributed by atoms with van der Waals surface area (Å²) in [5, 5.41) is 3.47. The van der Waals surface area contributed by atoms with Gasteiger partial charge in [0.2, 0.25) is 0 Å². The van der Waals surface area contributed by atoms with E-state index in [0.717, 1.165) is 5.02 Å². The van der Waals surface area contributed by atoms with Gasteiger partial charge in [0, 0.05) is 25.2 Å². The second kappa shape index (κ2) is 4.87. The van der Waals surface area contributed by atoms with Crippen molar-refractivity contribution in [2.45, 2.75) is 6.92 Å². The lowest BCUT2D eigenvalue weighted by molar-refractivity contribution is 1.56. The van der Waals surface area contributed by atoms with Gasteiger partial charge in [-0.25, -0.2) is 0 Å². The highest BCUT2D eigenvalue weighted by atomic mass is 35.5. The average molecular weight is 309 g/mol. The minimum absolute atomic E-state index is 0.774. The molecule has 3 aromatic carbocycles. The molecule has 2 heteroatoms. The number of rotatable bonds is 1. The molecule has 21 heavy (non-hydrogen) atoms. The van der Waals surface area contributed by atoms with Gasteiger partial charge in [-0.3, -0.25) is 0 Å². The standard InChI is InChI=1S/C19H13ClS/c1-12-3-2-4-16-17-11-14(7-10-18(17)21-19(12)16)13-5-8-15(20)9-6-13/h2-11H,1H3. The highest BCUT2D eigenvalue weighted by Gasteiger charge is 2.08. The number of hydrogen-bond acceptors (Lipinski definition) is 1. The van der Waals surface area contributed by atoms with Gasteiger partial charge in [0.25, 0.3) is 0 Å². The number of benzene rings is 3. The Kier molecular flexibility index (Phi) is 2.99. The molecule has 4 rings (SSSR count). The molecule has 0 saturated heterocycles. The third-order valence-corrected chi connectivity index (χ3v) is 5.45. The maximum absolute atomic E-state index is 5.97. The topological polar surface area (TPSA) is 0 Å². The van der Waals surface area contributed by atoms with Crippen LogP contribution in [0.25, 0.3) is 31.3 Å². The Morgan fingerprint density at radius 3 is 2.38 bits per heavy atom. The fraction of sp³-hybridized carbons (Fsp3) is 0.0526. The summed E-state index contributed by atoms with van der Waals surface area (Å²) >= 11 is 7.85. The fourth-order valence-corrected chi connectivity index (χ4v) is 4.04. The molecule has 1 aromatic heterocycles. The quantitative estimate of drug-likeness (QED) is 0.368. The van der Waals surface area contributed by atoms with Gasteiger partial charge in [0.05, 0.1) is 0 Å². The molecule has 102 valence electrons. The van der Waals surface area contributed by atoms with Crippen LogP contribution in [0.5, 0.6) is 0 Å². The fourth-order valence-electron chi connectivity index (χ4n) is 2.76. The van der Waals surface area contributed by atoms with Crippen LogP contribution in [-0.4, -0.2) is 0 Å². The summed E-state index contributed by atoms with van der Waals surface area (Å²) in [7, 11) is 0. The summed E-state index contributed by atoms with van der Waals surface area (Å²) in [6, 6.07) is 21.3. The monoisotopic (exact) mass is 308 g/mol. The van der Waals surface area contributed by atoms with Crippen molar-refractivity contribution >= 4 is 43.1 Å². The summed E-state index contributed by atoms with van der Waals surface area (Å²) in [4.78, 5) is 0. The molecule has 1 heterocycles. The molecule has 0 bridgehead atoms. The SMILES string of the molecule is Cc1cccc2c1sc1ccc(-c3ccc(Cl)cc3)cc12. The molecule has 0 unspecified atom stereocenters. The first kappa shape index (κ1) is 12.9. The lowest BCUT2D eigenvalue weighted by Crippen LogP contribution is -1.77. The van der Waals surface area contributed by atoms with E-state index >= 15 is 0 Å². The summed E-state index contributed by atoms with van der Waals surface area (Å²) in [5.41, 5.74) is 3.79.